The second-order valence-corrected chi connectivity index (χ2v) is 6.07. The van der Waals surface area contributed by atoms with Crippen molar-refractivity contribution in [3.8, 4) is 5.75 Å². The third kappa shape index (κ3) is 3.03. The fourth-order valence-corrected chi connectivity index (χ4v) is 2.86. The zero-order chi connectivity index (χ0) is 14.8. The Hall–Kier alpha value is -1.78. The van der Waals surface area contributed by atoms with Gasteiger partial charge in [-0.25, -0.2) is 0 Å². The number of benzene rings is 1. The minimum Gasteiger partial charge on any atom is -0.496 e. The summed E-state index contributed by atoms with van der Waals surface area (Å²) in [6, 6.07) is 5.23. The first-order valence-corrected chi connectivity index (χ1v) is 7.03. The van der Waals surface area contributed by atoms with E-state index in [0.717, 1.165) is 12.8 Å². The minimum absolute atomic E-state index is 0.0747. The maximum Gasteiger partial charge on any atom is 0.296 e. The SMILES string of the molecule is COc1ccc(NC2CCCCC2(C)C)c([N+](=O)[O-])c1. The van der Waals surface area contributed by atoms with Gasteiger partial charge in [0.15, 0.2) is 0 Å². The number of methoxy groups -OCH3 is 1. The molecule has 2 rings (SSSR count). The smallest absolute Gasteiger partial charge is 0.296 e. The number of hydrogen-bond donors (Lipinski definition) is 1. The number of nitrogens with zero attached hydrogens (tertiary/aromatic N) is 1. The van der Waals surface area contributed by atoms with E-state index in [4.69, 9.17) is 4.74 Å². The van der Waals surface area contributed by atoms with Crippen molar-refractivity contribution in [1.82, 2.24) is 0 Å². The van der Waals surface area contributed by atoms with Crippen molar-refractivity contribution in [2.75, 3.05) is 12.4 Å². The van der Waals surface area contributed by atoms with Gasteiger partial charge in [-0.05, 0) is 30.4 Å². The normalized spacial score (nSPS) is 21.2. The summed E-state index contributed by atoms with van der Waals surface area (Å²) in [7, 11) is 1.51. The standard InChI is InChI=1S/C15H22N2O3/c1-15(2)9-5-4-6-14(15)16-12-8-7-11(20-3)10-13(12)17(18)19/h7-8,10,14,16H,4-6,9H2,1-3H3. The van der Waals surface area contributed by atoms with Crippen LogP contribution in [0.2, 0.25) is 0 Å². The zero-order valence-corrected chi connectivity index (χ0v) is 12.3. The molecule has 0 aliphatic heterocycles. The third-order valence-electron chi connectivity index (χ3n) is 4.24. The lowest BCUT2D eigenvalue weighted by Crippen LogP contribution is -2.39. The largest absolute Gasteiger partial charge is 0.496 e. The molecule has 20 heavy (non-hydrogen) atoms. The lowest BCUT2D eigenvalue weighted by Gasteiger charge is -2.39. The van der Waals surface area contributed by atoms with Gasteiger partial charge >= 0.3 is 0 Å². The maximum absolute atomic E-state index is 11.2. The molecule has 0 spiro atoms. The highest BCUT2D eigenvalue weighted by molar-refractivity contribution is 5.64. The maximum atomic E-state index is 11.2. The van der Waals surface area contributed by atoms with Crippen LogP contribution in [0.4, 0.5) is 11.4 Å². The second-order valence-electron chi connectivity index (χ2n) is 6.07. The van der Waals surface area contributed by atoms with Crippen LogP contribution in [-0.4, -0.2) is 18.1 Å². The van der Waals surface area contributed by atoms with Crippen molar-refractivity contribution < 1.29 is 9.66 Å². The molecule has 1 aromatic carbocycles. The van der Waals surface area contributed by atoms with Gasteiger partial charge < -0.3 is 10.1 Å². The number of nitrogens with one attached hydrogen (secondary N) is 1. The van der Waals surface area contributed by atoms with Crippen LogP contribution < -0.4 is 10.1 Å². The number of hydrogen-bond acceptors (Lipinski definition) is 4. The Kier molecular flexibility index (Phi) is 4.16. The van der Waals surface area contributed by atoms with Crippen LogP contribution in [0, 0.1) is 15.5 Å². The molecule has 1 aliphatic carbocycles. The molecule has 1 aromatic rings. The van der Waals surface area contributed by atoms with Gasteiger partial charge in [-0.3, -0.25) is 10.1 Å². The summed E-state index contributed by atoms with van der Waals surface area (Å²) in [6.45, 7) is 4.44. The highest BCUT2D eigenvalue weighted by Crippen LogP contribution is 2.39. The summed E-state index contributed by atoms with van der Waals surface area (Å²) in [4.78, 5) is 10.8. The number of anilines is 1. The Morgan fingerprint density at radius 2 is 2.15 bits per heavy atom. The van der Waals surface area contributed by atoms with Crippen LogP contribution in [0.5, 0.6) is 5.75 Å². The van der Waals surface area contributed by atoms with Crippen molar-refractivity contribution in [2.24, 2.45) is 5.41 Å². The molecule has 5 heteroatoms. The Balaban J connectivity index is 2.26. The minimum atomic E-state index is -0.360. The van der Waals surface area contributed by atoms with Crippen molar-refractivity contribution in [3.63, 3.8) is 0 Å². The van der Waals surface area contributed by atoms with Crippen molar-refractivity contribution >= 4 is 11.4 Å². The molecule has 1 unspecified atom stereocenters. The van der Waals surface area contributed by atoms with Gasteiger partial charge in [0.1, 0.15) is 11.4 Å². The van der Waals surface area contributed by atoms with Crippen LogP contribution in [0.3, 0.4) is 0 Å². The van der Waals surface area contributed by atoms with Crippen LogP contribution in [-0.2, 0) is 0 Å². The van der Waals surface area contributed by atoms with E-state index in [1.165, 1.54) is 26.0 Å². The molecule has 0 radical (unpaired) electrons. The monoisotopic (exact) mass is 278 g/mol. The molecule has 5 nitrogen and oxygen atoms in total. The van der Waals surface area contributed by atoms with E-state index >= 15 is 0 Å². The Labute approximate surface area is 119 Å². The molecule has 1 N–H and O–H groups in total. The number of ether oxygens (including phenoxy) is 1. The topological polar surface area (TPSA) is 64.4 Å². The van der Waals surface area contributed by atoms with Crippen molar-refractivity contribution in [1.29, 1.82) is 0 Å². The fourth-order valence-electron chi connectivity index (χ4n) is 2.86. The molecular weight excluding hydrogens is 256 g/mol. The van der Waals surface area contributed by atoms with Crippen LogP contribution in [0.1, 0.15) is 39.5 Å². The Morgan fingerprint density at radius 1 is 1.40 bits per heavy atom. The molecule has 0 saturated heterocycles. The van der Waals surface area contributed by atoms with Gasteiger partial charge in [-0.1, -0.05) is 26.7 Å². The van der Waals surface area contributed by atoms with Crippen molar-refractivity contribution in [3.05, 3.63) is 28.3 Å². The van der Waals surface area contributed by atoms with E-state index in [9.17, 15) is 10.1 Å². The van der Waals surface area contributed by atoms with E-state index in [2.05, 4.69) is 19.2 Å². The lowest BCUT2D eigenvalue weighted by atomic mass is 9.73. The van der Waals surface area contributed by atoms with Crippen LogP contribution in [0.25, 0.3) is 0 Å². The molecule has 1 atom stereocenters. The molecule has 0 aromatic heterocycles. The number of nitro benzene ring substituents is 1. The Bertz CT molecular complexity index is 500. The van der Waals surface area contributed by atoms with Crippen LogP contribution >= 0.6 is 0 Å². The van der Waals surface area contributed by atoms with Crippen LogP contribution in [0.15, 0.2) is 18.2 Å². The molecule has 0 heterocycles. The Morgan fingerprint density at radius 3 is 2.75 bits per heavy atom. The third-order valence-corrected chi connectivity index (χ3v) is 4.24. The second kappa shape index (κ2) is 5.69. The summed E-state index contributed by atoms with van der Waals surface area (Å²) >= 11 is 0. The van der Waals surface area contributed by atoms with Gasteiger partial charge in [-0.2, -0.15) is 0 Å². The molecule has 110 valence electrons. The molecule has 0 amide bonds. The van der Waals surface area contributed by atoms with E-state index in [0.29, 0.717) is 11.4 Å². The van der Waals surface area contributed by atoms with E-state index < -0.39 is 0 Å². The van der Waals surface area contributed by atoms with E-state index in [-0.39, 0.29) is 22.1 Å². The molecule has 1 saturated carbocycles. The summed E-state index contributed by atoms with van der Waals surface area (Å²) in [5.41, 5.74) is 0.813. The molecule has 0 bridgehead atoms. The van der Waals surface area contributed by atoms with Gasteiger partial charge in [0.25, 0.3) is 5.69 Å². The van der Waals surface area contributed by atoms with Crippen molar-refractivity contribution in [2.45, 2.75) is 45.6 Å². The van der Waals surface area contributed by atoms with Gasteiger partial charge in [0.05, 0.1) is 18.1 Å². The zero-order valence-electron chi connectivity index (χ0n) is 12.3. The number of rotatable bonds is 4. The first-order valence-electron chi connectivity index (χ1n) is 7.03. The fraction of sp³-hybridized carbons (Fsp3) is 0.600. The molecular formula is C15H22N2O3. The van der Waals surface area contributed by atoms with Gasteiger partial charge in [-0.15, -0.1) is 0 Å². The summed E-state index contributed by atoms with van der Waals surface area (Å²) in [6.07, 6.45) is 4.60. The quantitative estimate of drug-likeness (QED) is 0.668. The lowest BCUT2D eigenvalue weighted by molar-refractivity contribution is -0.384. The van der Waals surface area contributed by atoms with E-state index in [1.807, 2.05) is 0 Å². The first kappa shape index (κ1) is 14.6. The summed E-state index contributed by atoms with van der Waals surface area (Å²) in [5, 5.41) is 14.6. The molecule has 1 aliphatic rings. The predicted octanol–water partition coefficient (Wildman–Crippen LogP) is 3.98. The summed E-state index contributed by atoms with van der Waals surface area (Å²) in [5.74, 6) is 0.505. The summed E-state index contributed by atoms with van der Waals surface area (Å²) < 4.78 is 5.06. The average Bonchev–Trinajstić information content (AvgIpc) is 2.41. The average molecular weight is 278 g/mol. The molecule has 1 fully saturated rings. The van der Waals surface area contributed by atoms with E-state index in [1.54, 1.807) is 12.1 Å². The van der Waals surface area contributed by atoms with Gasteiger partial charge in [0.2, 0.25) is 0 Å². The predicted molar refractivity (Wildman–Crippen MR) is 79.3 cm³/mol. The highest BCUT2D eigenvalue weighted by atomic mass is 16.6. The first-order chi connectivity index (χ1) is 9.44. The highest BCUT2D eigenvalue weighted by Gasteiger charge is 2.33. The number of nitro groups is 1. The van der Waals surface area contributed by atoms with Gasteiger partial charge in [0, 0.05) is 6.04 Å².